The Morgan fingerprint density at radius 1 is 1.47 bits per heavy atom. The quantitative estimate of drug-likeness (QED) is 0.839. The van der Waals surface area contributed by atoms with Gasteiger partial charge in [0.25, 0.3) is 0 Å². The molecule has 1 aromatic carbocycles. The minimum atomic E-state index is -4.31. The fourth-order valence-electron chi connectivity index (χ4n) is 2.28. The van der Waals surface area contributed by atoms with Crippen LogP contribution in [0.15, 0.2) is 18.2 Å². The van der Waals surface area contributed by atoms with Gasteiger partial charge >= 0.3 is 6.18 Å². The number of fused-ring (bicyclic) bond motifs is 1. The highest BCUT2D eigenvalue weighted by Crippen LogP contribution is 2.39. The first-order valence-electron chi connectivity index (χ1n) is 5.51. The first-order chi connectivity index (χ1) is 7.88. The Hall–Kier alpha value is -1.23. The number of hydrogen-bond acceptors (Lipinski definition) is 2. The number of halogens is 3. The molecule has 2 unspecified atom stereocenters. The van der Waals surface area contributed by atoms with E-state index in [9.17, 15) is 18.3 Å². The third kappa shape index (κ3) is 2.54. The fourth-order valence-corrected chi connectivity index (χ4v) is 2.28. The number of anilines is 1. The van der Waals surface area contributed by atoms with E-state index in [0.29, 0.717) is 24.1 Å². The molecule has 0 saturated carbocycles. The number of aliphatic hydroxyl groups excluding tert-OH is 1. The van der Waals surface area contributed by atoms with E-state index in [2.05, 4.69) is 5.32 Å². The molecule has 0 bridgehead atoms. The van der Waals surface area contributed by atoms with Crippen LogP contribution in [0.1, 0.15) is 24.5 Å². The highest BCUT2D eigenvalue weighted by atomic mass is 19.4. The number of aliphatic hydroxyl groups is 1. The highest BCUT2D eigenvalue weighted by Gasteiger charge is 2.36. The van der Waals surface area contributed by atoms with Crippen LogP contribution in [0, 0.1) is 0 Å². The molecule has 0 saturated heterocycles. The number of nitrogens with one attached hydrogen (secondary N) is 1. The first kappa shape index (κ1) is 12.2. The van der Waals surface area contributed by atoms with Crippen LogP contribution in [-0.2, 0) is 12.6 Å². The summed E-state index contributed by atoms with van der Waals surface area (Å²) in [5.74, 6) is 0. The highest BCUT2D eigenvalue weighted by molar-refractivity contribution is 5.60. The molecule has 0 fully saturated rings. The average Bonchev–Trinajstić information content (AvgIpc) is 2.55. The Kier molecular flexibility index (Phi) is 3.03. The standard InChI is InChI=1S/C12H14F3NO/c1-7(17)5-8-6-9-10(12(13,14)15)3-2-4-11(9)16-8/h2-4,7-8,16-17H,5-6H2,1H3. The van der Waals surface area contributed by atoms with Crippen molar-refractivity contribution in [3.05, 3.63) is 29.3 Å². The molecule has 1 aromatic rings. The Bertz CT molecular complexity index is 415. The molecule has 0 aliphatic carbocycles. The number of alkyl halides is 3. The molecule has 0 spiro atoms. The molecule has 0 aromatic heterocycles. The van der Waals surface area contributed by atoms with Gasteiger partial charge in [0.1, 0.15) is 0 Å². The monoisotopic (exact) mass is 245 g/mol. The Balaban J connectivity index is 2.26. The summed E-state index contributed by atoms with van der Waals surface area (Å²) in [6, 6.07) is 4.03. The van der Waals surface area contributed by atoms with E-state index in [4.69, 9.17) is 0 Å². The molecule has 2 N–H and O–H groups in total. The van der Waals surface area contributed by atoms with Crippen LogP contribution in [0.2, 0.25) is 0 Å². The molecule has 1 heterocycles. The fraction of sp³-hybridized carbons (Fsp3) is 0.500. The number of benzene rings is 1. The van der Waals surface area contributed by atoms with Crippen LogP contribution < -0.4 is 5.32 Å². The zero-order valence-electron chi connectivity index (χ0n) is 9.38. The average molecular weight is 245 g/mol. The van der Waals surface area contributed by atoms with Gasteiger partial charge < -0.3 is 10.4 Å². The summed E-state index contributed by atoms with van der Waals surface area (Å²) < 4.78 is 38.3. The van der Waals surface area contributed by atoms with Crippen molar-refractivity contribution in [2.45, 2.75) is 38.1 Å². The summed E-state index contributed by atoms with van der Waals surface area (Å²) in [6.45, 7) is 1.63. The van der Waals surface area contributed by atoms with Crippen molar-refractivity contribution < 1.29 is 18.3 Å². The van der Waals surface area contributed by atoms with Gasteiger partial charge in [0.2, 0.25) is 0 Å². The van der Waals surface area contributed by atoms with E-state index < -0.39 is 17.8 Å². The molecule has 2 nitrogen and oxygen atoms in total. The molecule has 17 heavy (non-hydrogen) atoms. The minimum Gasteiger partial charge on any atom is -0.393 e. The van der Waals surface area contributed by atoms with Gasteiger partial charge in [0.05, 0.1) is 11.7 Å². The molecule has 94 valence electrons. The maximum atomic E-state index is 12.8. The van der Waals surface area contributed by atoms with E-state index >= 15 is 0 Å². The van der Waals surface area contributed by atoms with Crippen molar-refractivity contribution in [2.75, 3.05) is 5.32 Å². The summed E-state index contributed by atoms with van der Waals surface area (Å²) >= 11 is 0. The Morgan fingerprint density at radius 3 is 2.76 bits per heavy atom. The molecule has 0 radical (unpaired) electrons. The molecule has 2 rings (SSSR count). The third-order valence-electron chi connectivity index (χ3n) is 2.92. The SMILES string of the molecule is CC(O)CC1Cc2c(cccc2C(F)(F)F)N1. The minimum absolute atomic E-state index is 0.117. The first-order valence-corrected chi connectivity index (χ1v) is 5.51. The summed E-state index contributed by atoms with van der Waals surface area (Å²) in [6.07, 6.45) is -4.06. The van der Waals surface area contributed by atoms with E-state index in [0.717, 1.165) is 6.07 Å². The maximum absolute atomic E-state index is 12.8. The van der Waals surface area contributed by atoms with Crippen molar-refractivity contribution in [1.29, 1.82) is 0 Å². The molecular formula is C12H14F3NO. The maximum Gasteiger partial charge on any atom is 0.416 e. The molecule has 2 atom stereocenters. The largest absolute Gasteiger partial charge is 0.416 e. The van der Waals surface area contributed by atoms with Crippen LogP contribution in [0.4, 0.5) is 18.9 Å². The summed E-state index contributed by atoms with van der Waals surface area (Å²) in [4.78, 5) is 0. The molecule has 5 heteroatoms. The zero-order valence-corrected chi connectivity index (χ0v) is 9.38. The van der Waals surface area contributed by atoms with Crippen molar-refractivity contribution in [2.24, 2.45) is 0 Å². The second-order valence-electron chi connectivity index (χ2n) is 4.46. The summed E-state index contributed by atoms with van der Waals surface area (Å²) in [7, 11) is 0. The van der Waals surface area contributed by atoms with E-state index in [1.54, 1.807) is 13.0 Å². The molecule has 1 aliphatic heterocycles. The van der Waals surface area contributed by atoms with Gasteiger partial charge in [-0.15, -0.1) is 0 Å². The van der Waals surface area contributed by atoms with Crippen molar-refractivity contribution >= 4 is 5.69 Å². The smallest absolute Gasteiger partial charge is 0.393 e. The van der Waals surface area contributed by atoms with Crippen LogP contribution in [0.3, 0.4) is 0 Å². The van der Waals surface area contributed by atoms with E-state index in [-0.39, 0.29) is 6.04 Å². The zero-order chi connectivity index (χ0) is 12.6. The number of rotatable bonds is 2. The molecule has 1 aliphatic rings. The normalized spacial score (nSPS) is 20.9. The van der Waals surface area contributed by atoms with Crippen LogP contribution in [0.25, 0.3) is 0 Å². The third-order valence-corrected chi connectivity index (χ3v) is 2.92. The lowest BCUT2D eigenvalue weighted by molar-refractivity contribution is -0.138. The Morgan fingerprint density at radius 2 is 2.18 bits per heavy atom. The van der Waals surface area contributed by atoms with Gasteiger partial charge in [-0.1, -0.05) is 6.07 Å². The van der Waals surface area contributed by atoms with Crippen molar-refractivity contribution in [3.8, 4) is 0 Å². The second-order valence-corrected chi connectivity index (χ2v) is 4.46. The lowest BCUT2D eigenvalue weighted by Gasteiger charge is -2.12. The second kappa shape index (κ2) is 4.22. The Labute approximate surface area is 97.5 Å². The molecular weight excluding hydrogens is 231 g/mol. The van der Waals surface area contributed by atoms with Gasteiger partial charge in [-0.2, -0.15) is 13.2 Å². The predicted molar refractivity (Wildman–Crippen MR) is 58.9 cm³/mol. The summed E-state index contributed by atoms with van der Waals surface area (Å²) in [5.41, 5.74) is 0.270. The summed E-state index contributed by atoms with van der Waals surface area (Å²) in [5, 5.41) is 12.3. The number of hydrogen-bond donors (Lipinski definition) is 2. The molecule has 0 amide bonds. The van der Waals surface area contributed by atoms with Crippen molar-refractivity contribution in [3.63, 3.8) is 0 Å². The van der Waals surface area contributed by atoms with Gasteiger partial charge in [-0.05, 0) is 37.5 Å². The van der Waals surface area contributed by atoms with Gasteiger partial charge in [0.15, 0.2) is 0 Å². The topological polar surface area (TPSA) is 32.3 Å². The van der Waals surface area contributed by atoms with Crippen LogP contribution in [-0.4, -0.2) is 17.3 Å². The van der Waals surface area contributed by atoms with Gasteiger partial charge in [0, 0.05) is 11.7 Å². The van der Waals surface area contributed by atoms with Gasteiger partial charge in [-0.25, -0.2) is 0 Å². The van der Waals surface area contributed by atoms with Crippen molar-refractivity contribution in [1.82, 2.24) is 0 Å². The van der Waals surface area contributed by atoms with Crippen LogP contribution in [0.5, 0.6) is 0 Å². The van der Waals surface area contributed by atoms with E-state index in [1.807, 2.05) is 0 Å². The predicted octanol–water partition coefficient (Wildman–Crippen LogP) is 2.81. The lowest BCUT2D eigenvalue weighted by Crippen LogP contribution is -2.21. The lowest BCUT2D eigenvalue weighted by atomic mass is 10.0. The van der Waals surface area contributed by atoms with E-state index in [1.165, 1.54) is 6.07 Å². The van der Waals surface area contributed by atoms with Crippen LogP contribution >= 0.6 is 0 Å². The van der Waals surface area contributed by atoms with Gasteiger partial charge in [-0.3, -0.25) is 0 Å².